The Balaban J connectivity index is 2.16. The molecule has 3 heteroatoms. The van der Waals surface area contributed by atoms with Crippen molar-refractivity contribution in [2.75, 3.05) is 12.4 Å². The third kappa shape index (κ3) is 2.07. The molecule has 3 nitrogen and oxygen atoms in total. The van der Waals surface area contributed by atoms with Gasteiger partial charge in [0.2, 0.25) is 0 Å². The third-order valence-electron chi connectivity index (χ3n) is 2.79. The topological polar surface area (TPSA) is 41.5 Å². The molecule has 1 aliphatic heterocycles. The van der Waals surface area contributed by atoms with Crippen LogP contribution in [-0.4, -0.2) is 24.4 Å². The molecule has 0 fully saturated rings. The molecule has 0 saturated carbocycles. The molecule has 0 saturated heterocycles. The Bertz CT molecular complexity index is 349. The van der Waals surface area contributed by atoms with E-state index >= 15 is 0 Å². The molecule has 1 aromatic rings. The van der Waals surface area contributed by atoms with Crippen LogP contribution in [0.2, 0.25) is 0 Å². The molecule has 0 radical (unpaired) electrons. The minimum absolute atomic E-state index is 0.261. The van der Waals surface area contributed by atoms with E-state index in [1.807, 2.05) is 19.1 Å². The molecule has 0 bridgehead atoms. The number of ether oxygens (including phenoxy) is 1. The van der Waals surface area contributed by atoms with Crippen molar-refractivity contribution in [1.82, 2.24) is 0 Å². The van der Waals surface area contributed by atoms with Crippen LogP contribution in [0.3, 0.4) is 0 Å². The molecule has 0 aliphatic carbocycles. The first-order valence-corrected chi connectivity index (χ1v) is 5.31. The quantitative estimate of drug-likeness (QED) is 0.794. The van der Waals surface area contributed by atoms with Gasteiger partial charge in [-0.2, -0.15) is 0 Å². The largest absolute Gasteiger partial charge is 0.496 e. The Morgan fingerprint density at radius 1 is 1.60 bits per heavy atom. The van der Waals surface area contributed by atoms with Crippen LogP contribution in [0.25, 0.3) is 0 Å². The van der Waals surface area contributed by atoms with Crippen LogP contribution in [-0.2, 0) is 6.42 Å². The van der Waals surface area contributed by atoms with Gasteiger partial charge in [0.05, 0.1) is 13.2 Å². The normalized spacial score (nSPS) is 20.6. The zero-order valence-corrected chi connectivity index (χ0v) is 9.16. The van der Waals surface area contributed by atoms with E-state index in [9.17, 15) is 5.11 Å². The minimum Gasteiger partial charge on any atom is -0.496 e. The summed E-state index contributed by atoms with van der Waals surface area (Å²) in [6, 6.07) is 6.34. The number of rotatable bonds is 3. The molecule has 0 aromatic heterocycles. The van der Waals surface area contributed by atoms with E-state index in [4.69, 9.17) is 4.74 Å². The highest BCUT2D eigenvalue weighted by Crippen LogP contribution is 2.34. The zero-order valence-electron chi connectivity index (χ0n) is 9.16. The first-order valence-electron chi connectivity index (χ1n) is 5.31. The number of fused-ring (bicyclic) bond motifs is 1. The van der Waals surface area contributed by atoms with Crippen LogP contribution in [0.1, 0.15) is 18.9 Å². The van der Waals surface area contributed by atoms with Gasteiger partial charge in [-0.1, -0.05) is 6.07 Å². The highest BCUT2D eigenvalue weighted by atomic mass is 16.5. The van der Waals surface area contributed by atoms with Crippen molar-refractivity contribution in [3.05, 3.63) is 23.8 Å². The summed E-state index contributed by atoms with van der Waals surface area (Å²) in [6.45, 7) is 1.82. The number of nitrogens with one attached hydrogen (secondary N) is 1. The van der Waals surface area contributed by atoms with Gasteiger partial charge in [0.25, 0.3) is 0 Å². The number of aliphatic hydroxyl groups is 1. The fraction of sp³-hybridized carbons (Fsp3) is 0.500. The maximum atomic E-state index is 9.35. The molecule has 1 heterocycles. The van der Waals surface area contributed by atoms with Crippen LogP contribution in [0.5, 0.6) is 5.75 Å². The van der Waals surface area contributed by atoms with Gasteiger partial charge in [0.1, 0.15) is 5.75 Å². The summed E-state index contributed by atoms with van der Waals surface area (Å²) in [6.07, 6.45) is 1.45. The van der Waals surface area contributed by atoms with Crippen molar-refractivity contribution < 1.29 is 9.84 Å². The number of hydrogen-bond acceptors (Lipinski definition) is 3. The summed E-state index contributed by atoms with van der Waals surface area (Å²) < 4.78 is 5.31. The molecular weight excluding hydrogens is 190 g/mol. The molecule has 15 heavy (non-hydrogen) atoms. The van der Waals surface area contributed by atoms with Crippen LogP contribution < -0.4 is 10.1 Å². The molecule has 2 unspecified atom stereocenters. The summed E-state index contributed by atoms with van der Waals surface area (Å²) in [4.78, 5) is 0. The lowest BCUT2D eigenvalue weighted by Crippen LogP contribution is -2.21. The Hall–Kier alpha value is -1.22. The van der Waals surface area contributed by atoms with E-state index in [2.05, 4.69) is 11.4 Å². The Morgan fingerprint density at radius 2 is 2.40 bits per heavy atom. The first kappa shape index (κ1) is 10.3. The molecule has 82 valence electrons. The average Bonchev–Trinajstić information content (AvgIpc) is 2.58. The summed E-state index contributed by atoms with van der Waals surface area (Å²) in [7, 11) is 1.69. The van der Waals surface area contributed by atoms with Crippen molar-refractivity contribution in [2.24, 2.45) is 0 Å². The van der Waals surface area contributed by atoms with Gasteiger partial charge in [-0.25, -0.2) is 0 Å². The standard InChI is InChI=1S/C12H17NO2/c1-8(14)6-9-7-10-11(13-9)4-3-5-12(10)15-2/h3-5,8-9,13-14H,6-7H2,1-2H3. The fourth-order valence-corrected chi connectivity index (χ4v) is 2.17. The second kappa shape index (κ2) is 4.11. The molecular formula is C12H17NO2. The number of aliphatic hydroxyl groups excluding tert-OH is 1. The average molecular weight is 207 g/mol. The van der Waals surface area contributed by atoms with E-state index in [0.717, 1.165) is 24.3 Å². The molecule has 1 aliphatic rings. The summed E-state index contributed by atoms with van der Waals surface area (Å²) in [5.74, 6) is 0.938. The highest BCUT2D eigenvalue weighted by molar-refractivity contribution is 5.62. The molecule has 2 rings (SSSR count). The molecule has 2 N–H and O–H groups in total. The summed E-state index contributed by atoms with van der Waals surface area (Å²) >= 11 is 0. The maximum Gasteiger partial charge on any atom is 0.124 e. The lowest BCUT2D eigenvalue weighted by molar-refractivity contribution is 0.178. The molecule has 1 aromatic carbocycles. The SMILES string of the molecule is COc1cccc2c1CC(CC(C)O)N2. The van der Waals surface area contributed by atoms with Crippen molar-refractivity contribution in [3.63, 3.8) is 0 Å². The maximum absolute atomic E-state index is 9.35. The van der Waals surface area contributed by atoms with Crippen LogP contribution in [0, 0.1) is 0 Å². The smallest absolute Gasteiger partial charge is 0.124 e. The Morgan fingerprint density at radius 3 is 3.07 bits per heavy atom. The van der Waals surface area contributed by atoms with E-state index in [1.54, 1.807) is 7.11 Å². The second-order valence-corrected chi connectivity index (χ2v) is 4.12. The van der Waals surface area contributed by atoms with Gasteiger partial charge >= 0.3 is 0 Å². The second-order valence-electron chi connectivity index (χ2n) is 4.12. The molecule has 0 amide bonds. The van der Waals surface area contributed by atoms with Gasteiger partial charge in [0, 0.05) is 17.3 Å². The molecule has 0 spiro atoms. The number of anilines is 1. The van der Waals surface area contributed by atoms with E-state index in [-0.39, 0.29) is 6.10 Å². The number of hydrogen-bond donors (Lipinski definition) is 2. The van der Waals surface area contributed by atoms with Crippen LogP contribution >= 0.6 is 0 Å². The van der Waals surface area contributed by atoms with Crippen molar-refractivity contribution in [1.29, 1.82) is 0 Å². The van der Waals surface area contributed by atoms with Crippen LogP contribution in [0.4, 0.5) is 5.69 Å². The fourth-order valence-electron chi connectivity index (χ4n) is 2.17. The first-order chi connectivity index (χ1) is 7.20. The zero-order chi connectivity index (χ0) is 10.8. The van der Waals surface area contributed by atoms with Gasteiger partial charge in [-0.05, 0) is 31.9 Å². The van der Waals surface area contributed by atoms with E-state index < -0.39 is 0 Å². The third-order valence-corrected chi connectivity index (χ3v) is 2.79. The van der Waals surface area contributed by atoms with Gasteiger partial charge in [-0.15, -0.1) is 0 Å². The number of benzene rings is 1. The van der Waals surface area contributed by atoms with Gasteiger partial charge in [-0.3, -0.25) is 0 Å². The lowest BCUT2D eigenvalue weighted by Gasteiger charge is -2.12. The molecule has 2 atom stereocenters. The van der Waals surface area contributed by atoms with Crippen LogP contribution in [0.15, 0.2) is 18.2 Å². The van der Waals surface area contributed by atoms with Gasteiger partial charge in [0.15, 0.2) is 0 Å². The van der Waals surface area contributed by atoms with Gasteiger partial charge < -0.3 is 15.2 Å². The summed E-state index contributed by atoms with van der Waals surface area (Å²) in [5, 5.41) is 12.7. The predicted octanol–water partition coefficient (Wildman–Crippen LogP) is 1.80. The Labute approximate surface area is 90.1 Å². The predicted molar refractivity (Wildman–Crippen MR) is 60.4 cm³/mol. The van der Waals surface area contributed by atoms with E-state index in [1.165, 1.54) is 5.56 Å². The number of methoxy groups -OCH3 is 1. The summed E-state index contributed by atoms with van der Waals surface area (Å²) in [5.41, 5.74) is 2.37. The van der Waals surface area contributed by atoms with Crippen molar-refractivity contribution in [2.45, 2.75) is 31.9 Å². The van der Waals surface area contributed by atoms with Crippen molar-refractivity contribution >= 4 is 5.69 Å². The van der Waals surface area contributed by atoms with Crippen molar-refractivity contribution in [3.8, 4) is 5.75 Å². The highest BCUT2D eigenvalue weighted by Gasteiger charge is 2.24. The lowest BCUT2D eigenvalue weighted by atomic mass is 10.0. The Kier molecular flexibility index (Phi) is 2.82. The minimum atomic E-state index is -0.261. The van der Waals surface area contributed by atoms with E-state index in [0.29, 0.717) is 6.04 Å². The monoisotopic (exact) mass is 207 g/mol.